The molecular formula is C7H9BrN2. The Morgan fingerprint density at radius 2 is 2.50 bits per heavy atom. The molecule has 0 atom stereocenters. The van der Waals surface area contributed by atoms with Crippen molar-refractivity contribution in [2.75, 3.05) is 0 Å². The Balaban J connectivity index is 2.28. The molecule has 2 rings (SSSR count). The third-order valence-electron chi connectivity index (χ3n) is 1.88. The molecular weight excluding hydrogens is 192 g/mol. The van der Waals surface area contributed by atoms with Gasteiger partial charge in [-0.1, -0.05) is 15.9 Å². The average Bonchev–Trinajstić information content (AvgIpc) is 2.69. The zero-order chi connectivity index (χ0) is 6.97. The Bertz CT molecular complexity index is 227. The SMILES string of the molecule is BrCc1cn[nH]c1C1CC1. The summed E-state index contributed by atoms with van der Waals surface area (Å²) >= 11 is 3.42. The fourth-order valence-corrected chi connectivity index (χ4v) is 1.60. The largest absolute Gasteiger partial charge is 0.282 e. The van der Waals surface area contributed by atoms with Crippen molar-refractivity contribution in [2.24, 2.45) is 0 Å². The minimum absolute atomic E-state index is 0.787. The fourth-order valence-electron chi connectivity index (χ4n) is 1.15. The monoisotopic (exact) mass is 200 g/mol. The number of rotatable bonds is 2. The number of nitrogens with one attached hydrogen (secondary N) is 1. The summed E-state index contributed by atoms with van der Waals surface area (Å²) in [5.74, 6) is 0.787. The van der Waals surface area contributed by atoms with Crippen LogP contribution in [0.2, 0.25) is 0 Å². The first-order valence-corrected chi connectivity index (χ1v) is 4.62. The summed E-state index contributed by atoms with van der Waals surface area (Å²) in [6.45, 7) is 0. The number of aromatic amines is 1. The van der Waals surface area contributed by atoms with Gasteiger partial charge in [0.1, 0.15) is 0 Å². The molecule has 10 heavy (non-hydrogen) atoms. The van der Waals surface area contributed by atoms with E-state index in [4.69, 9.17) is 0 Å². The molecule has 1 aromatic rings. The highest BCUT2D eigenvalue weighted by atomic mass is 79.9. The third-order valence-corrected chi connectivity index (χ3v) is 2.49. The molecule has 0 saturated heterocycles. The molecule has 3 heteroatoms. The lowest BCUT2D eigenvalue weighted by atomic mass is 10.2. The Morgan fingerprint density at radius 1 is 1.70 bits per heavy atom. The number of aromatic nitrogens is 2. The predicted octanol–water partition coefficient (Wildman–Crippen LogP) is 2.18. The van der Waals surface area contributed by atoms with E-state index in [2.05, 4.69) is 26.1 Å². The quantitative estimate of drug-likeness (QED) is 0.730. The van der Waals surface area contributed by atoms with Gasteiger partial charge >= 0.3 is 0 Å². The van der Waals surface area contributed by atoms with Gasteiger partial charge in [0.15, 0.2) is 0 Å². The molecule has 0 bridgehead atoms. The van der Waals surface area contributed by atoms with Crippen LogP contribution in [0.15, 0.2) is 6.20 Å². The maximum atomic E-state index is 4.00. The van der Waals surface area contributed by atoms with Crippen molar-refractivity contribution in [1.29, 1.82) is 0 Å². The van der Waals surface area contributed by atoms with Gasteiger partial charge in [-0.15, -0.1) is 0 Å². The van der Waals surface area contributed by atoms with Gasteiger partial charge in [0.25, 0.3) is 0 Å². The fraction of sp³-hybridized carbons (Fsp3) is 0.571. The number of nitrogens with zero attached hydrogens (tertiary/aromatic N) is 1. The third kappa shape index (κ3) is 0.985. The second-order valence-electron chi connectivity index (χ2n) is 2.72. The molecule has 1 aliphatic rings. The van der Waals surface area contributed by atoms with Crippen LogP contribution >= 0.6 is 15.9 Å². The smallest absolute Gasteiger partial charge is 0.0530 e. The van der Waals surface area contributed by atoms with Gasteiger partial charge in [-0.05, 0) is 12.8 Å². The average molecular weight is 201 g/mol. The van der Waals surface area contributed by atoms with Crippen LogP contribution in [0, 0.1) is 0 Å². The van der Waals surface area contributed by atoms with Crippen LogP contribution in [-0.4, -0.2) is 10.2 Å². The molecule has 2 nitrogen and oxygen atoms in total. The van der Waals surface area contributed by atoms with E-state index in [1.165, 1.54) is 24.1 Å². The molecule has 0 aromatic carbocycles. The number of H-pyrrole nitrogens is 1. The van der Waals surface area contributed by atoms with Gasteiger partial charge in [-0.25, -0.2) is 0 Å². The van der Waals surface area contributed by atoms with Crippen LogP contribution in [0.25, 0.3) is 0 Å². The van der Waals surface area contributed by atoms with E-state index in [0.717, 1.165) is 11.2 Å². The normalized spacial score (nSPS) is 17.7. The van der Waals surface area contributed by atoms with Crippen molar-refractivity contribution in [3.8, 4) is 0 Å². The van der Waals surface area contributed by atoms with E-state index in [9.17, 15) is 0 Å². The predicted molar refractivity (Wildman–Crippen MR) is 43.2 cm³/mol. The zero-order valence-corrected chi connectivity index (χ0v) is 7.19. The van der Waals surface area contributed by atoms with Crippen LogP contribution in [0.3, 0.4) is 0 Å². The first-order chi connectivity index (χ1) is 4.92. The van der Waals surface area contributed by atoms with E-state index in [0.29, 0.717) is 0 Å². The van der Waals surface area contributed by atoms with E-state index in [1.54, 1.807) is 0 Å². The minimum atomic E-state index is 0.787. The van der Waals surface area contributed by atoms with Crippen molar-refractivity contribution in [2.45, 2.75) is 24.1 Å². The molecule has 54 valence electrons. The summed E-state index contributed by atoms with van der Waals surface area (Å²) in [6.07, 6.45) is 4.58. The van der Waals surface area contributed by atoms with Crippen molar-refractivity contribution in [1.82, 2.24) is 10.2 Å². The first-order valence-electron chi connectivity index (χ1n) is 3.50. The lowest BCUT2D eigenvalue weighted by Crippen LogP contribution is -1.83. The van der Waals surface area contributed by atoms with E-state index in [-0.39, 0.29) is 0 Å². The molecule has 1 N–H and O–H groups in total. The highest BCUT2D eigenvalue weighted by Crippen LogP contribution is 2.40. The maximum Gasteiger partial charge on any atom is 0.0530 e. The number of halogens is 1. The topological polar surface area (TPSA) is 28.7 Å². The lowest BCUT2D eigenvalue weighted by Gasteiger charge is -1.93. The van der Waals surface area contributed by atoms with Crippen LogP contribution in [-0.2, 0) is 5.33 Å². The second kappa shape index (κ2) is 2.38. The van der Waals surface area contributed by atoms with Gasteiger partial charge in [0.2, 0.25) is 0 Å². The van der Waals surface area contributed by atoms with Crippen LogP contribution in [0.5, 0.6) is 0 Å². The number of alkyl halides is 1. The highest BCUT2D eigenvalue weighted by Gasteiger charge is 2.26. The molecule has 1 aromatic heterocycles. The van der Waals surface area contributed by atoms with Gasteiger partial charge in [0.05, 0.1) is 6.20 Å². The summed E-state index contributed by atoms with van der Waals surface area (Å²) in [4.78, 5) is 0. The van der Waals surface area contributed by atoms with Crippen molar-refractivity contribution >= 4 is 15.9 Å². The Labute approximate surface area is 68.2 Å². The van der Waals surface area contributed by atoms with Gasteiger partial charge in [-0.3, -0.25) is 5.10 Å². The minimum Gasteiger partial charge on any atom is -0.282 e. The molecule has 1 saturated carbocycles. The Kier molecular flexibility index (Phi) is 1.52. The Hall–Kier alpha value is -0.310. The standard InChI is InChI=1S/C7H9BrN2/c8-3-6-4-9-10-7(6)5-1-2-5/h4-5H,1-3H2,(H,9,10). The van der Waals surface area contributed by atoms with Gasteiger partial charge < -0.3 is 0 Å². The summed E-state index contributed by atoms with van der Waals surface area (Å²) in [7, 11) is 0. The molecule has 1 aliphatic carbocycles. The van der Waals surface area contributed by atoms with E-state index < -0.39 is 0 Å². The van der Waals surface area contributed by atoms with Crippen molar-refractivity contribution in [3.05, 3.63) is 17.5 Å². The molecule has 1 fully saturated rings. The highest BCUT2D eigenvalue weighted by molar-refractivity contribution is 9.08. The summed E-state index contributed by atoms with van der Waals surface area (Å²) in [6, 6.07) is 0. The van der Waals surface area contributed by atoms with E-state index >= 15 is 0 Å². The molecule has 0 amide bonds. The van der Waals surface area contributed by atoms with Gasteiger partial charge in [0, 0.05) is 22.5 Å². The number of hydrogen-bond acceptors (Lipinski definition) is 1. The molecule has 0 radical (unpaired) electrons. The zero-order valence-electron chi connectivity index (χ0n) is 5.60. The summed E-state index contributed by atoms with van der Waals surface area (Å²) in [5.41, 5.74) is 2.67. The van der Waals surface area contributed by atoms with Crippen LogP contribution in [0.4, 0.5) is 0 Å². The van der Waals surface area contributed by atoms with Crippen molar-refractivity contribution in [3.63, 3.8) is 0 Å². The molecule has 0 spiro atoms. The van der Waals surface area contributed by atoms with Crippen LogP contribution in [0.1, 0.15) is 30.0 Å². The summed E-state index contributed by atoms with van der Waals surface area (Å²) in [5, 5.41) is 7.96. The molecule has 0 unspecified atom stereocenters. The Morgan fingerprint density at radius 3 is 3.10 bits per heavy atom. The second-order valence-corrected chi connectivity index (χ2v) is 3.28. The van der Waals surface area contributed by atoms with Gasteiger partial charge in [-0.2, -0.15) is 5.10 Å². The first kappa shape index (κ1) is 6.40. The molecule has 0 aliphatic heterocycles. The van der Waals surface area contributed by atoms with Crippen molar-refractivity contribution < 1.29 is 0 Å². The number of hydrogen-bond donors (Lipinski definition) is 1. The summed E-state index contributed by atoms with van der Waals surface area (Å²) < 4.78 is 0. The lowest BCUT2D eigenvalue weighted by molar-refractivity contribution is 0.958. The van der Waals surface area contributed by atoms with Crippen LogP contribution < -0.4 is 0 Å². The van der Waals surface area contributed by atoms with E-state index in [1.807, 2.05) is 6.20 Å². The molecule has 1 heterocycles. The maximum absolute atomic E-state index is 4.00.